The van der Waals surface area contributed by atoms with Crippen LogP contribution in [0.15, 0.2) is 24.3 Å². The highest BCUT2D eigenvalue weighted by Gasteiger charge is 2.38. The van der Waals surface area contributed by atoms with Crippen LogP contribution in [0.3, 0.4) is 0 Å². The maximum absolute atomic E-state index is 12.1. The Morgan fingerprint density at radius 1 is 1.43 bits per heavy atom. The zero-order chi connectivity index (χ0) is 15.4. The number of rotatable bonds is 5. The second-order valence-electron chi connectivity index (χ2n) is 4.91. The van der Waals surface area contributed by atoms with Gasteiger partial charge in [-0.15, -0.1) is 11.8 Å². The van der Waals surface area contributed by atoms with E-state index < -0.39 is 18.1 Å². The first-order valence-electron chi connectivity index (χ1n) is 6.50. The molecule has 1 aromatic rings. The van der Waals surface area contributed by atoms with Gasteiger partial charge in [0.05, 0.1) is 11.9 Å². The Morgan fingerprint density at radius 2 is 2.19 bits per heavy atom. The van der Waals surface area contributed by atoms with Crippen LogP contribution in [0.4, 0.5) is 0 Å². The summed E-state index contributed by atoms with van der Waals surface area (Å²) in [5, 5.41) is 19.2. The fourth-order valence-electron chi connectivity index (χ4n) is 2.29. The number of halogens is 1. The lowest BCUT2D eigenvalue weighted by molar-refractivity contribution is -0.147. The molecule has 0 unspecified atom stereocenters. The minimum Gasteiger partial charge on any atom is -0.480 e. The number of nitrogens with zero attached hydrogens (tertiary/aromatic N) is 1. The van der Waals surface area contributed by atoms with E-state index in [4.69, 9.17) is 16.7 Å². The smallest absolute Gasteiger partial charge is 0.326 e. The van der Waals surface area contributed by atoms with Crippen molar-refractivity contribution in [2.24, 2.45) is 0 Å². The number of carbonyl (C=O) groups excluding carboxylic acids is 1. The molecule has 0 radical (unpaired) electrons. The van der Waals surface area contributed by atoms with Crippen LogP contribution < -0.4 is 0 Å². The minimum absolute atomic E-state index is 0.0908. The second-order valence-corrected chi connectivity index (χ2v) is 6.33. The third-order valence-corrected chi connectivity index (χ3v) is 4.49. The molecule has 5 nitrogen and oxygen atoms in total. The molecule has 1 amide bonds. The lowest BCUT2D eigenvalue weighted by atomic mass is 10.2. The largest absolute Gasteiger partial charge is 0.480 e. The number of carboxylic acids is 1. The SMILES string of the molecule is O=C(O)[C@H]1C[C@@H](O)CN1C(=O)CSCc1cccc(Cl)c1. The Morgan fingerprint density at radius 3 is 2.86 bits per heavy atom. The summed E-state index contributed by atoms with van der Waals surface area (Å²) >= 11 is 7.28. The van der Waals surface area contributed by atoms with Crippen molar-refractivity contribution in [3.8, 4) is 0 Å². The van der Waals surface area contributed by atoms with E-state index in [9.17, 15) is 14.7 Å². The van der Waals surface area contributed by atoms with E-state index in [1.165, 1.54) is 16.7 Å². The summed E-state index contributed by atoms with van der Waals surface area (Å²) in [6.07, 6.45) is -0.659. The molecule has 1 saturated heterocycles. The summed E-state index contributed by atoms with van der Waals surface area (Å²) < 4.78 is 0. The summed E-state index contributed by atoms with van der Waals surface area (Å²) in [6, 6.07) is 6.46. The number of carboxylic acid groups (broad SMARTS) is 1. The molecule has 7 heteroatoms. The van der Waals surface area contributed by atoms with Crippen molar-refractivity contribution in [3.63, 3.8) is 0 Å². The molecule has 1 aromatic carbocycles. The van der Waals surface area contributed by atoms with Gasteiger partial charge >= 0.3 is 5.97 Å². The topological polar surface area (TPSA) is 77.8 Å². The van der Waals surface area contributed by atoms with Crippen LogP contribution in [0.5, 0.6) is 0 Å². The molecule has 114 valence electrons. The van der Waals surface area contributed by atoms with E-state index >= 15 is 0 Å². The summed E-state index contributed by atoms with van der Waals surface area (Å²) in [5.41, 5.74) is 1.01. The van der Waals surface area contributed by atoms with Gasteiger partial charge in [0.1, 0.15) is 6.04 Å². The molecule has 2 rings (SSSR count). The van der Waals surface area contributed by atoms with Crippen LogP contribution in [0, 0.1) is 0 Å². The van der Waals surface area contributed by atoms with Crippen LogP contribution in [0.1, 0.15) is 12.0 Å². The van der Waals surface area contributed by atoms with Gasteiger partial charge in [-0.2, -0.15) is 0 Å². The van der Waals surface area contributed by atoms with Gasteiger partial charge in [0.25, 0.3) is 0 Å². The first-order valence-corrected chi connectivity index (χ1v) is 8.03. The molecule has 1 heterocycles. The Labute approximate surface area is 131 Å². The van der Waals surface area contributed by atoms with Crippen LogP contribution >= 0.6 is 23.4 Å². The zero-order valence-electron chi connectivity index (χ0n) is 11.2. The number of carbonyl (C=O) groups is 2. The van der Waals surface area contributed by atoms with Crippen molar-refractivity contribution in [1.82, 2.24) is 4.90 Å². The molecule has 0 aromatic heterocycles. The summed E-state index contributed by atoms with van der Waals surface area (Å²) in [7, 11) is 0. The normalized spacial score (nSPS) is 21.5. The number of aliphatic carboxylic acids is 1. The number of aliphatic hydroxyl groups is 1. The summed E-state index contributed by atoms with van der Waals surface area (Å²) in [5.74, 6) is -0.519. The number of β-amino-alcohol motifs (C(OH)–C–C–N with tert-alkyl or cyclic N) is 1. The van der Waals surface area contributed by atoms with E-state index in [1.54, 1.807) is 6.07 Å². The molecule has 2 N–H and O–H groups in total. The van der Waals surface area contributed by atoms with E-state index in [1.807, 2.05) is 18.2 Å². The van der Waals surface area contributed by atoms with Gasteiger partial charge in [0.15, 0.2) is 0 Å². The quantitative estimate of drug-likeness (QED) is 0.858. The van der Waals surface area contributed by atoms with Gasteiger partial charge in [-0.1, -0.05) is 23.7 Å². The molecule has 0 saturated carbocycles. The molecule has 0 spiro atoms. The third-order valence-electron chi connectivity index (χ3n) is 3.27. The first kappa shape index (κ1) is 16.1. The highest BCUT2D eigenvalue weighted by molar-refractivity contribution is 7.99. The molecule has 1 fully saturated rings. The fraction of sp³-hybridized carbons (Fsp3) is 0.429. The highest BCUT2D eigenvalue weighted by atomic mass is 35.5. The number of hydrogen-bond donors (Lipinski definition) is 2. The number of benzene rings is 1. The van der Waals surface area contributed by atoms with Crippen molar-refractivity contribution in [2.45, 2.75) is 24.3 Å². The Bertz CT molecular complexity index is 539. The van der Waals surface area contributed by atoms with Gasteiger partial charge in [0, 0.05) is 23.7 Å². The maximum atomic E-state index is 12.1. The zero-order valence-corrected chi connectivity index (χ0v) is 12.8. The van der Waals surface area contributed by atoms with E-state index in [2.05, 4.69) is 0 Å². The highest BCUT2D eigenvalue weighted by Crippen LogP contribution is 2.21. The van der Waals surface area contributed by atoms with Gasteiger partial charge in [-0.05, 0) is 17.7 Å². The third kappa shape index (κ3) is 4.36. The average molecular weight is 330 g/mol. The molecular weight excluding hydrogens is 314 g/mol. The average Bonchev–Trinajstić information content (AvgIpc) is 2.81. The monoisotopic (exact) mass is 329 g/mol. The standard InChI is InChI=1S/C14H16ClNO4S/c15-10-3-1-2-9(4-10)7-21-8-13(18)16-6-11(17)5-12(16)14(19)20/h1-4,11-12,17H,5-8H2,(H,19,20)/t11-,12-/m1/s1. The fourth-order valence-corrected chi connectivity index (χ4v) is 3.36. The molecule has 1 aliphatic heterocycles. The van der Waals surface area contributed by atoms with Crippen molar-refractivity contribution >= 4 is 35.2 Å². The predicted molar refractivity (Wildman–Crippen MR) is 81.4 cm³/mol. The predicted octanol–water partition coefficient (Wildman–Crippen LogP) is 1.62. The van der Waals surface area contributed by atoms with Gasteiger partial charge < -0.3 is 15.1 Å². The molecule has 0 bridgehead atoms. The number of thioether (sulfide) groups is 1. The second kappa shape index (κ2) is 7.15. The number of amides is 1. The molecule has 21 heavy (non-hydrogen) atoms. The van der Waals surface area contributed by atoms with E-state index in [0.717, 1.165) is 5.56 Å². The van der Waals surface area contributed by atoms with Gasteiger partial charge in [-0.25, -0.2) is 4.79 Å². The Kier molecular flexibility index (Phi) is 5.50. The number of aliphatic hydroxyl groups excluding tert-OH is 1. The van der Waals surface area contributed by atoms with Crippen LogP contribution in [0.25, 0.3) is 0 Å². The van der Waals surface area contributed by atoms with E-state index in [0.29, 0.717) is 10.8 Å². The molecule has 2 atom stereocenters. The summed E-state index contributed by atoms with van der Waals surface area (Å²) in [6.45, 7) is 0.0908. The van der Waals surface area contributed by atoms with Crippen LogP contribution in [-0.4, -0.2) is 51.4 Å². The molecule has 0 aliphatic carbocycles. The van der Waals surface area contributed by atoms with Crippen LogP contribution in [-0.2, 0) is 15.3 Å². The minimum atomic E-state index is -1.07. The van der Waals surface area contributed by atoms with Crippen molar-refractivity contribution < 1.29 is 19.8 Å². The maximum Gasteiger partial charge on any atom is 0.326 e. The molecular formula is C14H16ClNO4S. The van der Waals surface area contributed by atoms with Crippen molar-refractivity contribution in [2.75, 3.05) is 12.3 Å². The van der Waals surface area contributed by atoms with Crippen molar-refractivity contribution in [3.05, 3.63) is 34.9 Å². The van der Waals surface area contributed by atoms with Gasteiger partial charge in [0.2, 0.25) is 5.91 Å². The number of likely N-dealkylation sites (tertiary alicyclic amines) is 1. The lowest BCUT2D eigenvalue weighted by Crippen LogP contribution is -2.41. The first-order chi connectivity index (χ1) is 9.97. The number of hydrogen-bond acceptors (Lipinski definition) is 4. The lowest BCUT2D eigenvalue weighted by Gasteiger charge is -2.20. The van der Waals surface area contributed by atoms with Crippen molar-refractivity contribution in [1.29, 1.82) is 0 Å². The van der Waals surface area contributed by atoms with E-state index in [-0.39, 0.29) is 24.6 Å². The Balaban J connectivity index is 1.85. The summed E-state index contributed by atoms with van der Waals surface area (Å²) in [4.78, 5) is 24.4. The van der Waals surface area contributed by atoms with Gasteiger partial charge in [-0.3, -0.25) is 4.79 Å². The molecule has 1 aliphatic rings. The Hall–Kier alpha value is -1.24. The van der Waals surface area contributed by atoms with Crippen LogP contribution in [0.2, 0.25) is 5.02 Å².